The van der Waals surface area contributed by atoms with Crippen LogP contribution in [-0.2, 0) is 26.2 Å². The van der Waals surface area contributed by atoms with Gasteiger partial charge in [0, 0.05) is 37.4 Å². The van der Waals surface area contributed by atoms with Gasteiger partial charge in [0.2, 0.25) is 5.78 Å². The Hall–Kier alpha value is -2.07. The highest BCUT2D eigenvalue weighted by molar-refractivity contribution is 6.06. The van der Waals surface area contributed by atoms with Gasteiger partial charge in [-0.2, -0.15) is 0 Å². The van der Waals surface area contributed by atoms with E-state index in [0.717, 1.165) is 44.9 Å². The summed E-state index contributed by atoms with van der Waals surface area (Å²) in [5, 5.41) is 3.32. The Bertz CT molecular complexity index is 1070. The van der Waals surface area contributed by atoms with Crippen LogP contribution in [0.4, 0.5) is 0 Å². The highest BCUT2D eigenvalue weighted by atomic mass is 16.7. The third-order valence-corrected chi connectivity index (χ3v) is 8.59. The molecule has 2 saturated heterocycles. The number of hydrogen-bond acceptors (Lipinski definition) is 8. The van der Waals surface area contributed by atoms with Crippen LogP contribution < -0.4 is 16.6 Å². The molecule has 6 rings (SSSR count). The van der Waals surface area contributed by atoms with Gasteiger partial charge in [0.15, 0.2) is 11.6 Å². The van der Waals surface area contributed by atoms with Gasteiger partial charge < -0.3 is 30.2 Å². The Morgan fingerprint density at radius 2 is 1.82 bits per heavy atom. The highest BCUT2D eigenvalue weighted by Gasteiger charge is 2.60. The van der Waals surface area contributed by atoms with Crippen molar-refractivity contribution in [3.8, 4) is 0 Å². The van der Waals surface area contributed by atoms with Crippen LogP contribution in [-0.4, -0.2) is 54.5 Å². The van der Waals surface area contributed by atoms with Gasteiger partial charge in [-0.1, -0.05) is 6.42 Å². The van der Waals surface area contributed by atoms with Gasteiger partial charge in [0.25, 0.3) is 5.56 Å². The minimum Gasteiger partial charge on any atom is -0.401 e. The summed E-state index contributed by atoms with van der Waals surface area (Å²) in [6.45, 7) is 3.37. The molecule has 1 saturated carbocycles. The van der Waals surface area contributed by atoms with Crippen molar-refractivity contribution in [1.29, 1.82) is 0 Å². The smallest absolute Gasteiger partial charge is 0.256 e. The molecule has 4 N–H and O–H groups in total. The summed E-state index contributed by atoms with van der Waals surface area (Å²) in [6, 6.07) is 0. The summed E-state index contributed by atoms with van der Waals surface area (Å²) in [5.41, 5.74) is 8.13. The summed E-state index contributed by atoms with van der Waals surface area (Å²) in [7, 11) is 0. The number of ether oxygens (including phenoxy) is 3. The van der Waals surface area contributed by atoms with Crippen molar-refractivity contribution in [1.82, 2.24) is 15.3 Å². The van der Waals surface area contributed by atoms with Crippen molar-refractivity contribution in [2.75, 3.05) is 33.0 Å². The molecule has 33 heavy (non-hydrogen) atoms. The van der Waals surface area contributed by atoms with Crippen LogP contribution in [0.3, 0.4) is 0 Å². The van der Waals surface area contributed by atoms with E-state index in [2.05, 4.69) is 10.3 Å². The largest absolute Gasteiger partial charge is 0.401 e. The summed E-state index contributed by atoms with van der Waals surface area (Å²) < 4.78 is 18.1. The number of nitrogens with two attached hydrogens (primary N) is 1. The number of ketones is 1. The number of fused-ring (bicyclic) bond motifs is 3. The van der Waals surface area contributed by atoms with E-state index in [1.165, 1.54) is 0 Å². The minimum atomic E-state index is -0.741. The maximum Gasteiger partial charge on any atom is 0.256 e. The van der Waals surface area contributed by atoms with Crippen LogP contribution >= 0.6 is 0 Å². The lowest BCUT2D eigenvalue weighted by molar-refractivity contribution is -0.248. The lowest BCUT2D eigenvalue weighted by atomic mass is 9.61. The molecule has 0 unspecified atom stereocenters. The van der Waals surface area contributed by atoms with E-state index in [-0.39, 0.29) is 22.6 Å². The highest BCUT2D eigenvalue weighted by Crippen LogP contribution is 2.57. The number of hydrogen-bond donors (Lipinski definition) is 3. The second kappa shape index (κ2) is 7.73. The fourth-order valence-corrected chi connectivity index (χ4v) is 6.90. The molecule has 5 aliphatic rings. The number of Topliss-reactive ketones (excluding diaryl/α,β-unsaturated/α-hetero) is 1. The minimum absolute atomic E-state index is 0.0834. The monoisotopic (exact) mass is 456 g/mol. The van der Waals surface area contributed by atoms with Crippen molar-refractivity contribution in [2.45, 2.75) is 69.1 Å². The molecule has 3 fully saturated rings. The number of aromatic nitrogens is 2. The first-order chi connectivity index (χ1) is 16.0. The third kappa shape index (κ3) is 3.02. The normalized spacial score (nSPS) is 33.2. The van der Waals surface area contributed by atoms with Crippen molar-refractivity contribution in [2.24, 2.45) is 11.1 Å². The quantitative estimate of drug-likeness (QED) is 0.570. The Morgan fingerprint density at radius 3 is 2.61 bits per heavy atom. The standard InChI is InChI=1S/C24H32N4O5/c25-18-15(4-3-6-23(18)5-1-2-7-24(23)32-10-11-33-24)17(29)20-27-19-16(21(30)28-20)12-26-13-22(19)8-9-31-14-22/h26H,1-14,25H2,(H,27,28,30)/t22-,23-/m0/s1. The molecule has 1 aromatic heterocycles. The number of carbonyl (C=O) groups is 1. The summed E-state index contributed by atoms with van der Waals surface area (Å²) in [5.74, 6) is -0.938. The number of allylic oxidation sites excluding steroid dienone is 1. The number of aromatic amines is 1. The molecule has 9 heteroatoms. The second-order valence-corrected chi connectivity index (χ2v) is 10.2. The number of rotatable bonds is 2. The topological polar surface area (TPSA) is 129 Å². The van der Waals surface area contributed by atoms with E-state index >= 15 is 0 Å². The van der Waals surface area contributed by atoms with Gasteiger partial charge in [-0.15, -0.1) is 0 Å². The molecular formula is C24H32N4O5. The van der Waals surface area contributed by atoms with Gasteiger partial charge in [0.1, 0.15) is 0 Å². The van der Waals surface area contributed by atoms with E-state index < -0.39 is 11.2 Å². The zero-order chi connectivity index (χ0) is 22.7. The zero-order valence-electron chi connectivity index (χ0n) is 19.0. The molecule has 178 valence electrons. The van der Waals surface area contributed by atoms with Crippen LogP contribution in [0, 0.1) is 5.41 Å². The predicted octanol–water partition coefficient (Wildman–Crippen LogP) is 1.41. The first kappa shape index (κ1) is 21.5. The fraction of sp³-hybridized carbons (Fsp3) is 0.708. The maximum atomic E-state index is 13.8. The molecule has 2 atom stereocenters. The summed E-state index contributed by atoms with van der Waals surface area (Å²) in [4.78, 5) is 34.3. The number of nitrogens with one attached hydrogen (secondary N) is 2. The zero-order valence-corrected chi connectivity index (χ0v) is 19.0. The summed E-state index contributed by atoms with van der Waals surface area (Å²) >= 11 is 0. The molecule has 0 bridgehead atoms. The first-order valence-corrected chi connectivity index (χ1v) is 12.2. The fourth-order valence-electron chi connectivity index (χ4n) is 6.90. The molecule has 4 heterocycles. The molecule has 0 aromatic carbocycles. The van der Waals surface area contributed by atoms with Crippen molar-refractivity contribution in [3.63, 3.8) is 0 Å². The molecule has 1 aromatic rings. The number of carbonyl (C=O) groups excluding carboxylic acids is 1. The van der Waals surface area contributed by atoms with Gasteiger partial charge in [-0.25, -0.2) is 4.98 Å². The lowest BCUT2D eigenvalue weighted by Crippen LogP contribution is -2.56. The molecule has 3 aliphatic heterocycles. The van der Waals surface area contributed by atoms with Crippen molar-refractivity contribution >= 4 is 5.78 Å². The molecule has 9 nitrogen and oxygen atoms in total. The van der Waals surface area contributed by atoms with E-state index in [1.807, 2.05) is 0 Å². The maximum absolute atomic E-state index is 13.8. The molecular weight excluding hydrogens is 424 g/mol. The summed E-state index contributed by atoms with van der Waals surface area (Å²) in [6.07, 6.45) is 6.70. The average Bonchev–Trinajstić information content (AvgIpc) is 3.49. The Kier molecular flexibility index (Phi) is 5.03. The molecule has 0 amide bonds. The van der Waals surface area contributed by atoms with Crippen LogP contribution in [0.5, 0.6) is 0 Å². The second-order valence-electron chi connectivity index (χ2n) is 10.2. The van der Waals surface area contributed by atoms with Crippen LogP contribution in [0.1, 0.15) is 73.2 Å². The van der Waals surface area contributed by atoms with Gasteiger partial charge in [-0.3, -0.25) is 9.59 Å². The van der Waals surface area contributed by atoms with Crippen molar-refractivity contribution < 1.29 is 19.0 Å². The molecule has 3 spiro atoms. The van der Waals surface area contributed by atoms with Crippen molar-refractivity contribution in [3.05, 3.63) is 38.7 Å². The first-order valence-electron chi connectivity index (χ1n) is 12.2. The van der Waals surface area contributed by atoms with Crippen LogP contribution in [0.25, 0.3) is 0 Å². The SMILES string of the molecule is NC1=C(C(=O)c2nc3c(c(=O)[nH]2)CNC[C@]32CCOC2)CCC[C@@]12CCCCC21OCCO1. The average molecular weight is 457 g/mol. The van der Waals surface area contributed by atoms with Gasteiger partial charge >= 0.3 is 0 Å². The van der Waals surface area contributed by atoms with Crippen LogP contribution in [0.2, 0.25) is 0 Å². The molecule has 0 radical (unpaired) electrons. The van der Waals surface area contributed by atoms with Crippen LogP contribution in [0.15, 0.2) is 16.1 Å². The Labute approximate surface area is 192 Å². The number of nitrogens with zero attached hydrogens (tertiary/aromatic N) is 1. The Morgan fingerprint density at radius 1 is 1.03 bits per heavy atom. The van der Waals surface area contributed by atoms with E-state index in [4.69, 9.17) is 24.9 Å². The Balaban J connectivity index is 1.43. The third-order valence-electron chi connectivity index (χ3n) is 8.59. The van der Waals surface area contributed by atoms with Gasteiger partial charge in [-0.05, 0) is 38.5 Å². The van der Waals surface area contributed by atoms with E-state index in [0.29, 0.717) is 68.5 Å². The van der Waals surface area contributed by atoms with Gasteiger partial charge in [0.05, 0.1) is 41.9 Å². The van der Waals surface area contributed by atoms with E-state index in [1.54, 1.807) is 0 Å². The lowest BCUT2D eigenvalue weighted by Gasteiger charge is -2.52. The predicted molar refractivity (Wildman–Crippen MR) is 119 cm³/mol. The van der Waals surface area contributed by atoms with E-state index in [9.17, 15) is 9.59 Å². The molecule has 2 aliphatic carbocycles. The number of H-pyrrole nitrogens is 1.